The Morgan fingerprint density at radius 1 is 0.489 bits per heavy atom. The summed E-state index contributed by atoms with van der Waals surface area (Å²) in [6.07, 6.45) is 29.8. The molecule has 88 heavy (non-hydrogen) atoms. The summed E-state index contributed by atoms with van der Waals surface area (Å²) < 4.78 is 2.00. The van der Waals surface area contributed by atoms with Gasteiger partial charge in [-0.25, -0.2) is 15.0 Å². The van der Waals surface area contributed by atoms with Gasteiger partial charge in [0.15, 0.2) is 25.6 Å². The monoisotopic (exact) mass is 1320 g/mol. The van der Waals surface area contributed by atoms with E-state index in [-0.39, 0.29) is 87.4 Å². The summed E-state index contributed by atoms with van der Waals surface area (Å²) in [7, 11) is 0. The fourth-order valence-corrected chi connectivity index (χ4v) is 14.5. The molecule has 3 aromatic carbocycles. The van der Waals surface area contributed by atoms with Crippen molar-refractivity contribution in [2.24, 2.45) is 11.8 Å². The van der Waals surface area contributed by atoms with Crippen LogP contribution >= 0.6 is 69.3 Å². The van der Waals surface area contributed by atoms with Gasteiger partial charge in [0.05, 0.1) is 43.7 Å². The molecule has 9 N–H and O–H groups in total. The largest absolute Gasteiger partial charge is 0.507 e. The smallest absolute Gasteiger partial charge is 0.227 e. The zero-order chi connectivity index (χ0) is 64.1. The minimum absolute atomic E-state index is 0.0220. The Morgan fingerprint density at radius 3 is 1.34 bits per heavy atom. The lowest BCUT2D eigenvalue weighted by molar-refractivity contribution is -0.121. The van der Waals surface area contributed by atoms with Gasteiger partial charge in [-0.1, -0.05) is 191 Å². The fraction of sp³-hybridized carbons (Fsp3) is 0.508. The van der Waals surface area contributed by atoms with E-state index < -0.39 is 0 Å². The van der Waals surface area contributed by atoms with Gasteiger partial charge in [0.1, 0.15) is 40.2 Å². The van der Waals surface area contributed by atoms with Gasteiger partial charge < -0.3 is 46.6 Å². The van der Waals surface area contributed by atoms with Crippen molar-refractivity contribution < 1.29 is 54.6 Å². The lowest BCUT2D eigenvalue weighted by Gasteiger charge is -2.18. The molecule has 6 rings (SSSR count). The number of hydrogen-bond donors (Lipinski definition) is 9. The third-order valence-corrected chi connectivity index (χ3v) is 20.1. The van der Waals surface area contributed by atoms with Crippen LogP contribution in [-0.4, -0.2) is 82.4 Å². The number of nitrogens with one attached hydrogen (secondary N) is 3. The molecule has 0 fully saturated rings. The highest BCUT2D eigenvalue weighted by Gasteiger charge is 2.23. The van der Waals surface area contributed by atoms with Crippen molar-refractivity contribution >= 4 is 111 Å². The normalized spacial score (nSPS) is 11.6. The van der Waals surface area contributed by atoms with E-state index in [0.29, 0.717) is 53.9 Å². The van der Waals surface area contributed by atoms with E-state index in [2.05, 4.69) is 58.6 Å². The van der Waals surface area contributed by atoms with E-state index in [1.165, 1.54) is 153 Å². The zero-order valence-electron chi connectivity index (χ0n) is 51.5. The summed E-state index contributed by atoms with van der Waals surface area (Å²) >= 11 is 7.69. The van der Waals surface area contributed by atoms with E-state index in [1.54, 1.807) is 17.0 Å². The van der Waals surface area contributed by atoms with Crippen LogP contribution in [0.2, 0.25) is 0 Å². The molecule has 0 aliphatic rings. The lowest BCUT2D eigenvalue weighted by Crippen LogP contribution is -2.24. The number of aromatic hydroxyl groups is 6. The molecular weight excluding hydrogens is 1230 g/mol. The number of aldehydes is 2. The Kier molecular flexibility index (Phi) is 36.4. The number of unbranched alkanes of at least 4 members (excludes halogenated alkanes) is 16. The molecule has 23 heteroatoms. The van der Waals surface area contributed by atoms with Crippen molar-refractivity contribution in [1.82, 2.24) is 20.3 Å². The third-order valence-electron chi connectivity index (χ3n) is 14.1. The van der Waals surface area contributed by atoms with Crippen molar-refractivity contribution in [2.45, 2.75) is 223 Å². The van der Waals surface area contributed by atoms with Crippen LogP contribution < -0.4 is 16.0 Å². The number of likely N-dealkylation sites (N-methyl/N-ethyl adjacent to an activating group) is 1. The molecule has 3 aromatic heterocycles. The number of carbonyl (C=O) groups is 5. The first-order chi connectivity index (χ1) is 42.6. The Morgan fingerprint density at radius 2 is 0.909 bits per heavy atom. The van der Waals surface area contributed by atoms with E-state index in [1.807, 2.05) is 12.3 Å². The molecule has 0 aliphatic heterocycles. The van der Waals surface area contributed by atoms with Gasteiger partial charge in [-0.05, 0) is 56.9 Å². The molecule has 0 saturated heterocycles. The first-order valence-corrected chi connectivity index (χ1v) is 35.9. The average molecular weight is 1320 g/mol. The van der Waals surface area contributed by atoms with Gasteiger partial charge >= 0.3 is 0 Å². The highest BCUT2D eigenvalue weighted by molar-refractivity contribution is 8.01. The molecule has 3 amide bonds. The number of carbonyl (C=O) groups excluding carboxylic acids is 5. The molecule has 0 radical (unpaired) electrons. The number of phenolic OH excluding ortho intramolecular Hbond substituents is 6. The SMILES string of the molecule is CCCCCCCCC(CCCCCC)C(=O)Nc1cc(O)c(Sc2nc(C=O)cs2)cc1O.CCCCCCCCC(CCCCCC)C(=O)Nc1cc(O)c(Sc2nccs2)cc1O.CCNC(=O)Cc1csc(Sc2cc(O)c(C=O)cc2O)n1. The molecule has 0 aliphatic carbocycles. The molecule has 0 saturated carbocycles. The maximum absolute atomic E-state index is 13.1. The average Bonchev–Trinajstić information content (AvgIpc) is 4.44. The van der Waals surface area contributed by atoms with Crippen LogP contribution in [0.25, 0.3) is 0 Å². The number of rotatable bonds is 39. The Bertz CT molecular complexity index is 3030. The maximum Gasteiger partial charge on any atom is 0.227 e. The molecular formula is C65H90N6O11S6. The van der Waals surface area contributed by atoms with Gasteiger partial charge in [-0.15, -0.1) is 34.0 Å². The summed E-state index contributed by atoms with van der Waals surface area (Å²) in [4.78, 5) is 73.0. The number of anilines is 2. The van der Waals surface area contributed by atoms with Crippen LogP contribution in [0, 0.1) is 11.8 Å². The second-order valence-corrected chi connectivity index (χ2v) is 27.8. The van der Waals surface area contributed by atoms with Gasteiger partial charge in [-0.2, -0.15) is 0 Å². The van der Waals surface area contributed by atoms with Crippen LogP contribution in [0.1, 0.15) is 215 Å². The predicted octanol–water partition coefficient (Wildman–Crippen LogP) is 18.0. The molecule has 2 atom stereocenters. The minimum atomic E-state index is -0.200. The molecule has 0 spiro atoms. The van der Waals surface area contributed by atoms with Crippen LogP contribution in [0.4, 0.5) is 11.4 Å². The summed E-state index contributed by atoms with van der Waals surface area (Å²) in [5, 5.41) is 75.0. The number of thiazole rings is 3. The quantitative estimate of drug-likeness (QED) is 0.00750. The molecule has 482 valence electrons. The van der Waals surface area contributed by atoms with Crippen molar-refractivity contribution in [2.75, 3.05) is 17.2 Å². The maximum atomic E-state index is 13.1. The van der Waals surface area contributed by atoms with E-state index in [4.69, 9.17) is 0 Å². The summed E-state index contributed by atoms with van der Waals surface area (Å²) in [6.45, 7) is 11.2. The van der Waals surface area contributed by atoms with Crippen molar-refractivity contribution in [1.29, 1.82) is 0 Å². The number of nitrogens with zero attached hydrogens (tertiary/aromatic N) is 3. The summed E-state index contributed by atoms with van der Waals surface area (Å²) in [5.41, 5.74) is 1.47. The predicted molar refractivity (Wildman–Crippen MR) is 359 cm³/mol. The number of hydrogen-bond acceptors (Lipinski definition) is 20. The minimum Gasteiger partial charge on any atom is -0.507 e. The van der Waals surface area contributed by atoms with Crippen molar-refractivity contribution in [3.05, 3.63) is 75.7 Å². The Hall–Kier alpha value is -5.85. The van der Waals surface area contributed by atoms with Crippen LogP contribution in [0.3, 0.4) is 0 Å². The van der Waals surface area contributed by atoms with Gasteiger partial charge in [-0.3, -0.25) is 24.0 Å². The topological polar surface area (TPSA) is 281 Å². The van der Waals surface area contributed by atoms with Crippen molar-refractivity contribution in [3.63, 3.8) is 0 Å². The second kappa shape index (κ2) is 43.0. The zero-order valence-corrected chi connectivity index (χ0v) is 56.4. The Labute approximate surface area is 544 Å². The number of phenols is 6. The standard InChI is InChI=1S/C26H38N2O4S2.C25H38N2O3S2.C14H14N2O4S2/c1-3-5-7-9-10-12-14-19(13-11-8-6-4-2)25(32)28-21-15-23(31)24(16-22(21)30)34-26-27-20(17-29)18-33-26;1-3-5-7-9-10-12-14-19(13-11-8-6-4-2)24(30)27-20-17-22(29)23(18-21(20)28)32-25-26-15-16-31-25;1-2-15-13(20)4-9-7-21-14(16-9)22-12-5-10(18)8(6-17)3-11(12)19/h15-19,30-31H,3-14H2,1-2H3,(H,28,32);15-19,28-29H,3-14H2,1-2H3,(H,27,30);3,5-7,18-19H,2,4H2,1H3,(H,15,20). The highest BCUT2D eigenvalue weighted by Crippen LogP contribution is 2.44. The fourth-order valence-electron chi connectivity index (χ4n) is 9.24. The van der Waals surface area contributed by atoms with Crippen LogP contribution in [-0.2, 0) is 20.8 Å². The van der Waals surface area contributed by atoms with Gasteiger partial charge in [0, 0.05) is 52.9 Å². The lowest BCUT2D eigenvalue weighted by atomic mass is 9.93. The molecule has 3 heterocycles. The number of aromatic nitrogens is 3. The van der Waals surface area contributed by atoms with Gasteiger partial charge in [0.2, 0.25) is 17.7 Å². The highest BCUT2D eigenvalue weighted by atomic mass is 32.2. The molecule has 17 nitrogen and oxygen atoms in total. The van der Waals surface area contributed by atoms with Crippen LogP contribution in [0.5, 0.6) is 34.5 Å². The first-order valence-electron chi connectivity index (χ1n) is 30.9. The van der Waals surface area contributed by atoms with E-state index in [0.717, 1.165) is 111 Å². The molecule has 2 unspecified atom stereocenters. The number of amides is 3. The van der Waals surface area contributed by atoms with Crippen molar-refractivity contribution in [3.8, 4) is 34.5 Å². The molecule has 6 aromatic rings. The number of benzene rings is 3. The van der Waals surface area contributed by atoms with E-state index in [9.17, 15) is 54.6 Å². The second-order valence-electron chi connectivity index (χ2n) is 21.4. The van der Waals surface area contributed by atoms with Crippen LogP contribution in [0.15, 0.2) is 86.4 Å². The summed E-state index contributed by atoms with van der Waals surface area (Å²) in [6, 6.07) is 8.23. The summed E-state index contributed by atoms with van der Waals surface area (Å²) in [5.74, 6) is -0.921. The molecule has 0 bridgehead atoms. The third kappa shape index (κ3) is 27.9. The van der Waals surface area contributed by atoms with Gasteiger partial charge in [0.25, 0.3) is 0 Å². The van der Waals surface area contributed by atoms with E-state index >= 15 is 0 Å². The Balaban J connectivity index is 0.000000289. The first kappa shape index (κ1) is 74.6.